The van der Waals surface area contributed by atoms with Crippen molar-refractivity contribution in [1.29, 1.82) is 0 Å². The first kappa shape index (κ1) is 8.18. The first-order valence-corrected chi connectivity index (χ1v) is 3.75. The number of hydrogen-bond acceptors (Lipinski definition) is 1. The number of nitrogens with zero attached hydrogens (tertiary/aromatic N) is 1. The maximum absolute atomic E-state index is 12.0. The molecule has 0 bridgehead atoms. The van der Waals surface area contributed by atoms with Crippen molar-refractivity contribution >= 4 is 0 Å². The molecule has 0 unspecified atom stereocenters. The van der Waals surface area contributed by atoms with E-state index in [0.717, 1.165) is 5.69 Å². The maximum atomic E-state index is 12.0. The van der Waals surface area contributed by atoms with Crippen LogP contribution in [-0.4, -0.2) is 4.98 Å². The Kier molecular flexibility index (Phi) is 2.58. The summed E-state index contributed by atoms with van der Waals surface area (Å²) >= 11 is 0. The van der Waals surface area contributed by atoms with Gasteiger partial charge in [0, 0.05) is 17.5 Å². The molecule has 60 valence electrons. The van der Waals surface area contributed by atoms with Gasteiger partial charge in [-0.25, -0.2) is 4.39 Å². The van der Waals surface area contributed by atoms with Gasteiger partial charge in [-0.05, 0) is 12.0 Å². The van der Waals surface area contributed by atoms with Crippen molar-refractivity contribution in [2.24, 2.45) is 0 Å². The minimum absolute atomic E-state index is 0.420. The molecule has 1 aromatic rings. The van der Waals surface area contributed by atoms with E-state index in [1.165, 1.54) is 0 Å². The Labute approximate surface area is 66.3 Å². The van der Waals surface area contributed by atoms with Crippen LogP contribution in [0.2, 0.25) is 0 Å². The Balaban J connectivity index is 2.83. The predicted molar refractivity (Wildman–Crippen MR) is 43.1 cm³/mol. The lowest BCUT2D eigenvalue weighted by Crippen LogP contribution is -1.92. The van der Waals surface area contributed by atoms with E-state index in [-0.39, 0.29) is 0 Å². The molecule has 0 radical (unpaired) electrons. The van der Waals surface area contributed by atoms with Crippen LogP contribution in [0.25, 0.3) is 0 Å². The first-order chi connectivity index (χ1) is 5.24. The van der Waals surface area contributed by atoms with Crippen molar-refractivity contribution in [1.82, 2.24) is 4.98 Å². The largest absolute Gasteiger partial charge is 0.261 e. The molecule has 0 aliphatic rings. The summed E-state index contributed by atoms with van der Waals surface area (Å²) in [6.45, 7) is 3.71. The molecule has 0 atom stereocenters. The van der Waals surface area contributed by atoms with Gasteiger partial charge in [-0.3, -0.25) is 4.98 Å². The monoisotopic (exact) mass is 153 g/mol. The lowest BCUT2D eigenvalue weighted by molar-refractivity contribution is 0.484. The van der Waals surface area contributed by atoms with Gasteiger partial charge in [-0.2, -0.15) is 0 Å². The van der Waals surface area contributed by atoms with E-state index in [0.29, 0.717) is 11.5 Å². The molecule has 0 aliphatic heterocycles. The van der Waals surface area contributed by atoms with Gasteiger partial charge in [0.25, 0.3) is 0 Å². The van der Waals surface area contributed by atoms with E-state index < -0.39 is 6.67 Å². The smallest absolute Gasteiger partial charge is 0.116 e. The third-order valence-electron chi connectivity index (χ3n) is 1.59. The maximum Gasteiger partial charge on any atom is 0.116 e. The van der Waals surface area contributed by atoms with Crippen molar-refractivity contribution in [3.63, 3.8) is 0 Å². The van der Waals surface area contributed by atoms with E-state index in [1.807, 2.05) is 6.07 Å². The number of aromatic nitrogens is 1. The minimum Gasteiger partial charge on any atom is -0.261 e. The number of pyridine rings is 1. The Morgan fingerprint density at radius 3 is 2.55 bits per heavy atom. The number of halogens is 1. The molecule has 0 aromatic carbocycles. The molecule has 0 saturated heterocycles. The summed E-state index contributed by atoms with van der Waals surface area (Å²) in [6, 6.07) is 3.65. The molecule has 0 N–H and O–H groups in total. The van der Waals surface area contributed by atoms with E-state index in [2.05, 4.69) is 18.8 Å². The molecule has 0 aliphatic carbocycles. The Bertz CT molecular complexity index is 216. The van der Waals surface area contributed by atoms with E-state index in [9.17, 15) is 4.39 Å². The summed E-state index contributed by atoms with van der Waals surface area (Å²) < 4.78 is 12.0. The third-order valence-corrected chi connectivity index (χ3v) is 1.59. The van der Waals surface area contributed by atoms with Crippen molar-refractivity contribution in [3.05, 3.63) is 29.6 Å². The van der Waals surface area contributed by atoms with Crippen LogP contribution in [0.15, 0.2) is 18.3 Å². The average molecular weight is 153 g/mol. The van der Waals surface area contributed by atoms with Gasteiger partial charge in [-0.1, -0.05) is 19.9 Å². The Morgan fingerprint density at radius 2 is 2.18 bits per heavy atom. The normalized spacial score (nSPS) is 10.5. The zero-order valence-corrected chi connectivity index (χ0v) is 6.84. The highest BCUT2D eigenvalue weighted by atomic mass is 19.1. The zero-order valence-electron chi connectivity index (χ0n) is 6.84. The second-order valence-electron chi connectivity index (χ2n) is 2.88. The van der Waals surface area contributed by atoms with Crippen LogP contribution in [0.3, 0.4) is 0 Å². The molecule has 1 heterocycles. The predicted octanol–water partition coefficient (Wildman–Crippen LogP) is 2.67. The number of alkyl halides is 1. The number of rotatable bonds is 2. The van der Waals surface area contributed by atoms with Crippen LogP contribution < -0.4 is 0 Å². The van der Waals surface area contributed by atoms with Crippen LogP contribution in [0.1, 0.15) is 31.0 Å². The fraction of sp³-hybridized carbons (Fsp3) is 0.444. The fourth-order valence-electron chi connectivity index (χ4n) is 0.856. The summed E-state index contributed by atoms with van der Waals surface area (Å²) in [4.78, 5) is 4.11. The van der Waals surface area contributed by atoms with Crippen molar-refractivity contribution < 1.29 is 4.39 Å². The van der Waals surface area contributed by atoms with Gasteiger partial charge < -0.3 is 0 Å². The second kappa shape index (κ2) is 3.46. The van der Waals surface area contributed by atoms with Gasteiger partial charge in [0.2, 0.25) is 0 Å². The van der Waals surface area contributed by atoms with Gasteiger partial charge in [0.1, 0.15) is 6.67 Å². The molecule has 0 amide bonds. The highest BCUT2D eigenvalue weighted by Gasteiger charge is 1.99. The molecule has 0 spiro atoms. The lowest BCUT2D eigenvalue weighted by Gasteiger charge is -2.02. The molecular weight excluding hydrogens is 141 g/mol. The summed E-state index contributed by atoms with van der Waals surface area (Å²) in [5, 5.41) is 0. The molecule has 11 heavy (non-hydrogen) atoms. The van der Waals surface area contributed by atoms with Gasteiger partial charge >= 0.3 is 0 Å². The molecule has 1 nitrogen and oxygen atoms in total. The summed E-state index contributed by atoms with van der Waals surface area (Å²) in [5.74, 6) is 0.420. The molecule has 2 heteroatoms. The zero-order chi connectivity index (χ0) is 8.27. The van der Waals surface area contributed by atoms with Crippen LogP contribution in [0.4, 0.5) is 4.39 Å². The van der Waals surface area contributed by atoms with Crippen LogP contribution in [-0.2, 0) is 6.67 Å². The lowest BCUT2D eigenvalue weighted by atomic mass is 10.1. The van der Waals surface area contributed by atoms with Crippen LogP contribution in [0, 0.1) is 0 Å². The van der Waals surface area contributed by atoms with Gasteiger partial charge in [0.05, 0.1) is 0 Å². The van der Waals surface area contributed by atoms with E-state index in [4.69, 9.17) is 0 Å². The van der Waals surface area contributed by atoms with E-state index in [1.54, 1.807) is 12.3 Å². The summed E-state index contributed by atoms with van der Waals surface area (Å²) in [5.41, 5.74) is 1.66. The summed E-state index contributed by atoms with van der Waals surface area (Å²) in [6.07, 6.45) is 1.59. The first-order valence-electron chi connectivity index (χ1n) is 3.75. The van der Waals surface area contributed by atoms with Gasteiger partial charge in [0.15, 0.2) is 0 Å². The minimum atomic E-state index is -0.425. The van der Waals surface area contributed by atoms with Gasteiger partial charge in [-0.15, -0.1) is 0 Å². The van der Waals surface area contributed by atoms with Crippen molar-refractivity contribution in [2.75, 3.05) is 0 Å². The van der Waals surface area contributed by atoms with Crippen molar-refractivity contribution in [3.8, 4) is 0 Å². The highest BCUT2D eigenvalue weighted by Crippen LogP contribution is 2.11. The van der Waals surface area contributed by atoms with Crippen LogP contribution in [0.5, 0.6) is 0 Å². The molecule has 1 aromatic heterocycles. The Morgan fingerprint density at radius 1 is 1.45 bits per heavy atom. The molecule has 0 fully saturated rings. The fourth-order valence-corrected chi connectivity index (χ4v) is 0.856. The van der Waals surface area contributed by atoms with E-state index >= 15 is 0 Å². The SMILES string of the molecule is CC(C)c1ccc(CF)cn1. The van der Waals surface area contributed by atoms with Crippen molar-refractivity contribution in [2.45, 2.75) is 26.4 Å². The van der Waals surface area contributed by atoms with Crippen LogP contribution >= 0.6 is 0 Å². The number of hydrogen-bond donors (Lipinski definition) is 0. The molecular formula is C9H12FN. The second-order valence-corrected chi connectivity index (χ2v) is 2.88. The average Bonchev–Trinajstić information content (AvgIpc) is 2.05. The topological polar surface area (TPSA) is 12.9 Å². The Hall–Kier alpha value is -0.920. The summed E-state index contributed by atoms with van der Waals surface area (Å²) in [7, 11) is 0. The third kappa shape index (κ3) is 2.00. The highest BCUT2D eigenvalue weighted by molar-refractivity contribution is 5.15. The quantitative estimate of drug-likeness (QED) is 0.636. The standard InChI is InChI=1S/C9H12FN/c1-7(2)9-4-3-8(5-10)6-11-9/h3-4,6-7H,5H2,1-2H3. The molecule has 1 rings (SSSR count). The molecule has 0 saturated carbocycles.